The first kappa shape index (κ1) is 21.6. The molecule has 0 aliphatic carbocycles. The van der Waals surface area contributed by atoms with E-state index in [1.165, 1.54) is 13.8 Å². The summed E-state index contributed by atoms with van der Waals surface area (Å²) in [5.41, 5.74) is 0.211. The SMILES string of the molecule is CC(C)(C)Oc1cc(CSC(C)(F)F)cc(-c2ccccc2C(C)(C)F)n1. The molecule has 0 saturated heterocycles. The molecule has 0 aliphatic rings. The van der Waals surface area contributed by atoms with Crippen LogP contribution in [0.25, 0.3) is 11.3 Å². The topological polar surface area (TPSA) is 22.1 Å². The predicted molar refractivity (Wildman–Crippen MR) is 106 cm³/mol. The van der Waals surface area contributed by atoms with Crippen LogP contribution in [0.5, 0.6) is 5.88 Å². The minimum Gasteiger partial charge on any atom is -0.472 e. The van der Waals surface area contributed by atoms with Gasteiger partial charge in [-0.2, -0.15) is 8.78 Å². The van der Waals surface area contributed by atoms with Gasteiger partial charge in [-0.05, 0) is 51.8 Å². The Bertz CT molecular complexity index is 789. The van der Waals surface area contributed by atoms with Crippen LogP contribution in [-0.4, -0.2) is 15.8 Å². The van der Waals surface area contributed by atoms with Crippen LogP contribution in [0, 0.1) is 0 Å². The maximum Gasteiger partial charge on any atom is 0.291 e. The molecule has 1 aromatic heterocycles. The zero-order valence-electron chi connectivity index (χ0n) is 16.6. The maximum absolute atomic E-state index is 14.7. The highest BCUT2D eigenvalue weighted by molar-refractivity contribution is 7.99. The van der Waals surface area contributed by atoms with E-state index in [0.29, 0.717) is 40.0 Å². The predicted octanol–water partition coefficient (Wildman–Crippen LogP) is 6.98. The lowest BCUT2D eigenvalue weighted by molar-refractivity contribution is 0.124. The first-order valence-electron chi connectivity index (χ1n) is 8.75. The fourth-order valence-corrected chi connectivity index (χ4v) is 3.17. The van der Waals surface area contributed by atoms with Crippen molar-refractivity contribution in [1.82, 2.24) is 4.98 Å². The number of aromatic nitrogens is 1. The summed E-state index contributed by atoms with van der Waals surface area (Å²) in [5.74, 6) is 0.433. The second kappa shape index (κ2) is 7.74. The number of benzene rings is 1. The van der Waals surface area contributed by atoms with Crippen molar-refractivity contribution < 1.29 is 17.9 Å². The molecular formula is C21H26F3NOS. The third-order valence-electron chi connectivity index (χ3n) is 3.61. The number of ether oxygens (including phenoxy) is 1. The zero-order chi connectivity index (χ0) is 20.5. The van der Waals surface area contributed by atoms with E-state index in [1.54, 1.807) is 36.4 Å². The number of hydrogen-bond donors (Lipinski definition) is 0. The Kier molecular flexibility index (Phi) is 6.19. The molecular weight excluding hydrogens is 371 g/mol. The van der Waals surface area contributed by atoms with Crippen molar-refractivity contribution in [1.29, 1.82) is 0 Å². The van der Waals surface area contributed by atoms with Gasteiger partial charge in [-0.25, -0.2) is 9.37 Å². The quantitative estimate of drug-likeness (QED) is 0.525. The Balaban J connectivity index is 2.54. The molecule has 0 unspecified atom stereocenters. The van der Waals surface area contributed by atoms with Gasteiger partial charge in [0.2, 0.25) is 5.88 Å². The van der Waals surface area contributed by atoms with E-state index in [4.69, 9.17) is 4.74 Å². The van der Waals surface area contributed by atoms with Crippen LogP contribution < -0.4 is 4.74 Å². The van der Waals surface area contributed by atoms with Crippen LogP contribution in [0.3, 0.4) is 0 Å². The summed E-state index contributed by atoms with van der Waals surface area (Å²) in [5, 5.41) is -2.84. The fraction of sp³-hybridized carbons (Fsp3) is 0.476. The molecule has 1 aromatic carbocycles. The normalized spacial score (nSPS) is 12.9. The van der Waals surface area contributed by atoms with Crippen molar-refractivity contribution in [3.8, 4) is 17.1 Å². The van der Waals surface area contributed by atoms with E-state index in [1.807, 2.05) is 20.8 Å². The summed E-state index contributed by atoms with van der Waals surface area (Å²) < 4.78 is 47.1. The smallest absolute Gasteiger partial charge is 0.291 e. The summed E-state index contributed by atoms with van der Waals surface area (Å²) in [6.45, 7) is 9.48. The molecule has 0 amide bonds. The van der Waals surface area contributed by atoms with Crippen molar-refractivity contribution in [2.45, 2.75) is 63.8 Å². The number of alkyl halides is 3. The van der Waals surface area contributed by atoms with Gasteiger partial charge >= 0.3 is 0 Å². The average Bonchev–Trinajstić information content (AvgIpc) is 2.49. The van der Waals surface area contributed by atoms with Crippen LogP contribution in [0.1, 0.15) is 52.7 Å². The third-order valence-corrected chi connectivity index (χ3v) is 4.59. The van der Waals surface area contributed by atoms with Gasteiger partial charge in [-0.15, -0.1) is 0 Å². The molecule has 2 aromatic rings. The van der Waals surface area contributed by atoms with E-state index >= 15 is 0 Å². The van der Waals surface area contributed by atoms with Crippen LogP contribution in [-0.2, 0) is 11.4 Å². The van der Waals surface area contributed by atoms with Gasteiger partial charge in [-0.1, -0.05) is 36.0 Å². The Hall–Kier alpha value is -1.69. The number of hydrogen-bond acceptors (Lipinski definition) is 3. The van der Waals surface area contributed by atoms with Gasteiger partial charge in [0.15, 0.2) is 0 Å². The molecule has 2 rings (SSSR count). The summed E-state index contributed by atoms with van der Waals surface area (Å²) in [6.07, 6.45) is 0. The molecule has 27 heavy (non-hydrogen) atoms. The number of halogens is 3. The molecule has 0 aliphatic heterocycles. The van der Waals surface area contributed by atoms with Gasteiger partial charge in [0.05, 0.1) is 5.69 Å². The van der Waals surface area contributed by atoms with Crippen molar-refractivity contribution in [2.75, 3.05) is 0 Å². The van der Waals surface area contributed by atoms with Crippen LogP contribution in [0.4, 0.5) is 13.2 Å². The average molecular weight is 398 g/mol. The Morgan fingerprint density at radius 3 is 2.15 bits per heavy atom. The Morgan fingerprint density at radius 2 is 1.59 bits per heavy atom. The highest BCUT2D eigenvalue weighted by atomic mass is 32.2. The molecule has 0 fully saturated rings. The summed E-state index contributed by atoms with van der Waals surface area (Å²) in [4.78, 5) is 4.52. The molecule has 148 valence electrons. The number of thioether (sulfide) groups is 1. The molecule has 0 bridgehead atoms. The van der Waals surface area contributed by atoms with Crippen molar-refractivity contribution >= 4 is 11.8 Å². The van der Waals surface area contributed by atoms with Crippen LogP contribution in [0.2, 0.25) is 0 Å². The van der Waals surface area contributed by atoms with E-state index in [0.717, 1.165) is 6.92 Å². The molecule has 0 saturated carbocycles. The molecule has 6 heteroatoms. The monoisotopic (exact) mass is 397 g/mol. The molecule has 0 radical (unpaired) electrons. The van der Waals surface area contributed by atoms with Crippen molar-refractivity contribution in [2.24, 2.45) is 0 Å². The Morgan fingerprint density at radius 1 is 0.963 bits per heavy atom. The van der Waals surface area contributed by atoms with Crippen molar-refractivity contribution in [3.63, 3.8) is 0 Å². The summed E-state index contributed by atoms with van der Waals surface area (Å²) in [7, 11) is 0. The maximum atomic E-state index is 14.7. The molecule has 0 N–H and O–H groups in total. The van der Waals surface area contributed by atoms with E-state index < -0.39 is 16.5 Å². The van der Waals surface area contributed by atoms with E-state index in [9.17, 15) is 13.2 Å². The second-order valence-electron chi connectivity index (χ2n) is 8.03. The van der Waals surface area contributed by atoms with Crippen LogP contribution in [0.15, 0.2) is 36.4 Å². The minimum absolute atomic E-state index is 0.0979. The third kappa shape index (κ3) is 6.76. The number of nitrogens with zero attached hydrogens (tertiary/aromatic N) is 1. The molecule has 0 atom stereocenters. The summed E-state index contributed by atoms with van der Waals surface area (Å²) >= 11 is 0.536. The largest absolute Gasteiger partial charge is 0.472 e. The standard InChI is InChI=1S/C21H26F3NOS/c1-19(2,3)26-18-12-14(13-27-21(6,23)24)11-17(25-18)15-9-7-8-10-16(15)20(4,5)22/h7-12H,13H2,1-6H3. The van der Waals surface area contributed by atoms with Gasteiger partial charge in [0.25, 0.3) is 5.25 Å². The Labute approximate surface area is 163 Å². The molecule has 0 spiro atoms. The van der Waals surface area contributed by atoms with Crippen molar-refractivity contribution in [3.05, 3.63) is 47.5 Å². The summed E-state index contributed by atoms with van der Waals surface area (Å²) in [6, 6.07) is 10.5. The molecule has 2 nitrogen and oxygen atoms in total. The first-order valence-corrected chi connectivity index (χ1v) is 9.74. The first-order chi connectivity index (χ1) is 12.2. The van der Waals surface area contributed by atoms with Gasteiger partial charge in [-0.3, -0.25) is 0 Å². The van der Waals surface area contributed by atoms with E-state index in [-0.39, 0.29) is 5.75 Å². The lowest BCUT2D eigenvalue weighted by atomic mass is 9.92. The number of rotatable bonds is 6. The van der Waals surface area contributed by atoms with Gasteiger partial charge in [0, 0.05) is 24.3 Å². The van der Waals surface area contributed by atoms with E-state index in [2.05, 4.69) is 4.98 Å². The zero-order valence-corrected chi connectivity index (χ0v) is 17.4. The van der Waals surface area contributed by atoms with Crippen LogP contribution >= 0.6 is 11.8 Å². The molecule has 1 heterocycles. The number of pyridine rings is 1. The lowest BCUT2D eigenvalue weighted by Gasteiger charge is -2.23. The van der Waals surface area contributed by atoms with Gasteiger partial charge < -0.3 is 4.74 Å². The van der Waals surface area contributed by atoms with Gasteiger partial charge in [0.1, 0.15) is 11.3 Å². The fourth-order valence-electron chi connectivity index (χ4n) is 2.58. The lowest BCUT2D eigenvalue weighted by Crippen LogP contribution is -2.23. The second-order valence-corrected chi connectivity index (χ2v) is 9.32. The highest BCUT2D eigenvalue weighted by Crippen LogP contribution is 2.37. The minimum atomic E-state index is -2.84. The highest BCUT2D eigenvalue weighted by Gasteiger charge is 2.25.